The molecule has 0 radical (unpaired) electrons. The summed E-state index contributed by atoms with van der Waals surface area (Å²) in [7, 11) is 0. The van der Waals surface area contributed by atoms with E-state index in [2.05, 4.69) is 10.3 Å². The van der Waals surface area contributed by atoms with Crippen LogP contribution in [0, 0.1) is 0 Å². The average molecular weight is 241 g/mol. The third-order valence-corrected chi connectivity index (χ3v) is 2.09. The van der Waals surface area contributed by atoms with E-state index >= 15 is 0 Å². The summed E-state index contributed by atoms with van der Waals surface area (Å²) in [6, 6.07) is 4.93. The quantitative estimate of drug-likeness (QED) is 0.756. The van der Waals surface area contributed by atoms with Crippen LogP contribution < -0.4 is 0 Å². The second-order valence-electron chi connectivity index (χ2n) is 3.22. The van der Waals surface area contributed by atoms with E-state index in [1.165, 1.54) is 18.2 Å². The van der Waals surface area contributed by atoms with Gasteiger partial charge in [-0.1, -0.05) is 17.3 Å². The SMILES string of the molecule is O=Cc1cn(-c2ccccc2C(F)(F)F)nn1. The van der Waals surface area contributed by atoms with Crippen LogP contribution in [0.25, 0.3) is 5.69 Å². The highest BCUT2D eigenvalue weighted by Crippen LogP contribution is 2.33. The zero-order chi connectivity index (χ0) is 12.5. The molecular weight excluding hydrogens is 235 g/mol. The van der Waals surface area contributed by atoms with E-state index in [9.17, 15) is 18.0 Å². The largest absolute Gasteiger partial charge is 0.418 e. The maximum absolute atomic E-state index is 12.7. The van der Waals surface area contributed by atoms with E-state index in [0.29, 0.717) is 6.29 Å². The molecule has 0 aliphatic rings. The van der Waals surface area contributed by atoms with Crippen LogP contribution >= 0.6 is 0 Å². The summed E-state index contributed by atoms with van der Waals surface area (Å²) in [5.74, 6) is 0. The van der Waals surface area contributed by atoms with Gasteiger partial charge in [0.1, 0.15) is 5.69 Å². The fourth-order valence-corrected chi connectivity index (χ4v) is 1.36. The predicted molar refractivity (Wildman–Crippen MR) is 51.7 cm³/mol. The van der Waals surface area contributed by atoms with Crippen LogP contribution in [0.5, 0.6) is 0 Å². The van der Waals surface area contributed by atoms with Gasteiger partial charge < -0.3 is 0 Å². The summed E-state index contributed by atoms with van der Waals surface area (Å²) in [6.45, 7) is 0. The smallest absolute Gasteiger partial charge is 0.296 e. The van der Waals surface area contributed by atoms with Crippen molar-refractivity contribution in [2.45, 2.75) is 6.18 Å². The van der Waals surface area contributed by atoms with Crippen LogP contribution in [0.3, 0.4) is 0 Å². The molecule has 0 aliphatic carbocycles. The number of rotatable bonds is 2. The van der Waals surface area contributed by atoms with E-state index in [1.54, 1.807) is 0 Å². The molecule has 0 saturated carbocycles. The number of carbonyl (C=O) groups excluding carboxylic acids is 1. The van der Waals surface area contributed by atoms with E-state index in [0.717, 1.165) is 16.9 Å². The van der Waals surface area contributed by atoms with E-state index in [-0.39, 0.29) is 11.4 Å². The molecule has 0 spiro atoms. The molecule has 0 aliphatic heterocycles. The molecule has 7 heteroatoms. The minimum Gasteiger partial charge on any atom is -0.296 e. The number of halogens is 3. The number of para-hydroxylation sites is 1. The molecule has 2 rings (SSSR count). The zero-order valence-electron chi connectivity index (χ0n) is 8.35. The first kappa shape index (κ1) is 11.3. The first-order chi connectivity index (χ1) is 8.02. The molecular formula is C10H6F3N3O. The Balaban J connectivity index is 2.55. The standard InChI is InChI=1S/C10H6F3N3O/c11-10(12,13)8-3-1-2-4-9(8)16-5-7(6-17)14-15-16/h1-6H. The van der Waals surface area contributed by atoms with Crippen molar-refractivity contribution in [1.29, 1.82) is 0 Å². The van der Waals surface area contributed by atoms with Crippen LogP contribution in [-0.2, 0) is 6.18 Å². The Morgan fingerprint density at radius 2 is 1.94 bits per heavy atom. The zero-order valence-corrected chi connectivity index (χ0v) is 8.35. The number of benzene rings is 1. The van der Waals surface area contributed by atoms with Gasteiger partial charge in [-0.15, -0.1) is 5.10 Å². The van der Waals surface area contributed by atoms with Crippen LogP contribution in [0.1, 0.15) is 16.1 Å². The Bertz CT molecular complexity index is 548. The van der Waals surface area contributed by atoms with Crippen molar-refractivity contribution in [2.24, 2.45) is 0 Å². The normalized spacial score (nSPS) is 11.5. The molecule has 1 aromatic carbocycles. The summed E-state index contributed by atoms with van der Waals surface area (Å²) in [5, 5.41) is 6.88. The minimum atomic E-state index is -4.48. The number of aromatic nitrogens is 3. The fraction of sp³-hybridized carbons (Fsp3) is 0.100. The van der Waals surface area contributed by atoms with Crippen LogP contribution in [0.15, 0.2) is 30.5 Å². The molecule has 0 atom stereocenters. The average Bonchev–Trinajstić information content (AvgIpc) is 2.76. The summed E-state index contributed by atoms with van der Waals surface area (Å²) in [5.41, 5.74) is -1.02. The third-order valence-electron chi connectivity index (χ3n) is 2.09. The molecule has 0 saturated heterocycles. The number of hydrogen-bond donors (Lipinski definition) is 0. The lowest BCUT2D eigenvalue weighted by molar-refractivity contribution is -0.137. The fourth-order valence-electron chi connectivity index (χ4n) is 1.36. The molecule has 88 valence electrons. The van der Waals surface area contributed by atoms with Gasteiger partial charge in [-0.05, 0) is 12.1 Å². The second-order valence-corrected chi connectivity index (χ2v) is 3.22. The van der Waals surface area contributed by atoms with Crippen LogP contribution in [0.2, 0.25) is 0 Å². The molecule has 0 amide bonds. The molecule has 2 aromatic rings. The van der Waals surface area contributed by atoms with Crippen molar-refractivity contribution in [2.75, 3.05) is 0 Å². The van der Waals surface area contributed by atoms with Crippen molar-refractivity contribution in [3.63, 3.8) is 0 Å². The number of nitrogens with zero attached hydrogens (tertiary/aromatic N) is 3. The molecule has 1 heterocycles. The lowest BCUT2D eigenvalue weighted by atomic mass is 10.1. The maximum Gasteiger partial charge on any atom is 0.418 e. The van der Waals surface area contributed by atoms with Crippen molar-refractivity contribution >= 4 is 6.29 Å². The van der Waals surface area contributed by atoms with Gasteiger partial charge in [-0.3, -0.25) is 4.79 Å². The minimum absolute atomic E-state index is 0.0259. The molecule has 0 fully saturated rings. The van der Waals surface area contributed by atoms with Crippen LogP contribution in [0.4, 0.5) is 13.2 Å². The number of alkyl halides is 3. The predicted octanol–water partition coefficient (Wildman–Crippen LogP) is 2.10. The van der Waals surface area contributed by atoms with Gasteiger partial charge in [0, 0.05) is 0 Å². The molecule has 17 heavy (non-hydrogen) atoms. The highest BCUT2D eigenvalue weighted by atomic mass is 19.4. The van der Waals surface area contributed by atoms with E-state index < -0.39 is 11.7 Å². The number of hydrogen-bond acceptors (Lipinski definition) is 3. The first-order valence-electron chi connectivity index (χ1n) is 4.56. The molecule has 4 nitrogen and oxygen atoms in total. The summed E-state index contributed by atoms with van der Waals surface area (Å²) in [6.07, 6.45) is -2.93. The Labute approximate surface area is 93.7 Å². The lowest BCUT2D eigenvalue weighted by Gasteiger charge is -2.11. The Kier molecular flexibility index (Phi) is 2.66. The lowest BCUT2D eigenvalue weighted by Crippen LogP contribution is -2.10. The van der Waals surface area contributed by atoms with Gasteiger partial charge in [0.15, 0.2) is 6.29 Å². The first-order valence-corrected chi connectivity index (χ1v) is 4.56. The maximum atomic E-state index is 12.7. The van der Waals surface area contributed by atoms with Crippen molar-refractivity contribution in [3.8, 4) is 5.69 Å². The summed E-state index contributed by atoms with van der Waals surface area (Å²) >= 11 is 0. The van der Waals surface area contributed by atoms with Crippen LogP contribution in [-0.4, -0.2) is 21.3 Å². The second kappa shape index (κ2) is 4.00. The van der Waals surface area contributed by atoms with E-state index in [4.69, 9.17) is 0 Å². The van der Waals surface area contributed by atoms with Gasteiger partial charge >= 0.3 is 6.18 Å². The van der Waals surface area contributed by atoms with Crippen molar-refractivity contribution in [1.82, 2.24) is 15.0 Å². The van der Waals surface area contributed by atoms with E-state index in [1.807, 2.05) is 0 Å². The number of aldehydes is 1. The highest BCUT2D eigenvalue weighted by molar-refractivity contribution is 5.70. The van der Waals surface area contributed by atoms with Crippen molar-refractivity contribution < 1.29 is 18.0 Å². The van der Waals surface area contributed by atoms with Crippen molar-refractivity contribution in [3.05, 3.63) is 41.7 Å². The monoisotopic (exact) mass is 241 g/mol. The molecule has 0 N–H and O–H groups in total. The van der Waals surface area contributed by atoms with Gasteiger partial charge in [0.25, 0.3) is 0 Å². The molecule has 1 aromatic heterocycles. The Hall–Kier alpha value is -2.18. The Morgan fingerprint density at radius 1 is 1.24 bits per heavy atom. The van der Waals surface area contributed by atoms with Gasteiger partial charge in [0.05, 0.1) is 17.4 Å². The van der Waals surface area contributed by atoms with Gasteiger partial charge in [-0.2, -0.15) is 13.2 Å². The molecule has 0 unspecified atom stereocenters. The Morgan fingerprint density at radius 3 is 2.53 bits per heavy atom. The topological polar surface area (TPSA) is 47.8 Å². The highest BCUT2D eigenvalue weighted by Gasteiger charge is 2.33. The van der Waals surface area contributed by atoms with Gasteiger partial charge in [0.2, 0.25) is 0 Å². The summed E-state index contributed by atoms with van der Waals surface area (Å²) < 4.78 is 39.0. The summed E-state index contributed by atoms with van der Waals surface area (Å²) in [4.78, 5) is 10.4. The molecule has 0 bridgehead atoms. The third kappa shape index (κ3) is 2.17. The van der Waals surface area contributed by atoms with Gasteiger partial charge in [-0.25, -0.2) is 4.68 Å². The number of carbonyl (C=O) groups is 1.